The molecule has 0 bridgehead atoms. The van der Waals surface area contributed by atoms with Gasteiger partial charge in [-0.15, -0.1) is 22.7 Å². The normalized spacial score (nSPS) is 21.4. The molecule has 2 heterocycles. The molecule has 0 aromatic carbocycles. The minimum atomic E-state index is 0.115. The Morgan fingerprint density at radius 2 is 2.21 bits per heavy atom. The lowest BCUT2D eigenvalue weighted by molar-refractivity contribution is 0.282. The average Bonchev–Trinajstić information content (AvgIpc) is 2.82. The molecule has 1 aliphatic rings. The third-order valence-corrected chi connectivity index (χ3v) is 7.21. The molecule has 6 heteroatoms. The van der Waals surface area contributed by atoms with E-state index in [2.05, 4.69) is 29.8 Å². The Morgan fingerprint density at radius 1 is 1.47 bits per heavy atom. The molecule has 2 aromatic rings. The number of halogens is 2. The number of thiophene rings is 1. The molecule has 0 aliphatic heterocycles. The van der Waals surface area contributed by atoms with E-state index in [0.29, 0.717) is 0 Å². The maximum absolute atomic E-state index is 6.29. The van der Waals surface area contributed by atoms with Crippen molar-refractivity contribution < 1.29 is 0 Å². The topological polar surface area (TPSA) is 38.9 Å². The van der Waals surface area contributed by atoms with Crippen molar-refractivity contribution in [3.63, 3.8) is 0 Å². The van der Waals surface area contributed by atoms with Gasteiger partial charge in [-0.3, -0.25) is 0 Å². The van der Waals surface area contributed by atoms with Crippen molar-refractivity contribution in [2.45, 2.75) is 32.7 Å². The zero-order valence-corrected chi connectivity index (χ0v) is 14.6. The maximum Gasteiger partial charge on any atom is 0.134 e. The van der Waals surface area contributed by atoms with Gasteiger partial charge in [0.1, 0.15) is 9.34 Å². The molecule has 19 heavy (non-hydrogen) atoms. The van der Waals surface area contributed by atoms with Crippen molar-refractivity contribution in [3.05, 3.63) is 25.4 Å². The van der Waals surface area contributed by atoms with E-state index in [1.54, 1.807) is 22.7 Å². The number of hydrogen-bond donors (Lipinski definition) is 1. The minimum absolute atomic E-state index is 0.115. The number of nitrogens with two attached hydrogens (primary N) is 1. The van der Waals surface area contributed by atoms with Crippen molar-refractivity contribution >= 4 is 50.2 Å². The summed E-state index contributed by atoms with van der Waals surface area (Å²) in [6.45, 7) is 4.51. The summed E-state index contributed by atoms with van der Waals surface area (Å²) in [5.74, 6) is 0. The van der Waals surface area contributed by atoms with E-state index in [1.165, 1.54) is 10.6 Å². The van der Waals surface area contributed by atoms with Gasteiger partial charge in [0.15, 0.2) is 0 Å². The van der Waals surface area contributed by atoms with Crippen LogP contribution in [0.15, 0.2) is 10.5 Å². The fraction of sp³-hybridized carbons (Fsp3) is 0.462. The maximum atomic E-state index is 6.29. The highest BCUT2D eigenvalue weighted by molar-refractivity contribution is 9.10. The second-order valence-electron chi connectivity index (χ2n) is 5.71. The summed E-state index contributed by atoms with van der Waals surface area (Å²) in [6, 6.07) is 2.15. The van der Waals surface area contributed by atoms with E-state index in [4.69, 9.17) is 22.3 Å². The molecule has 0 fully saturated rings. The van der Waals surface area contributed by atoms with Crippen LogP contribution in [0.4, 0.5) is 0 Å². The van der Waals surface area contributed by atoms with Crippen molar-refractivity contribution in [2.75, 3.05) is 0 Å². The molecule has 0 saturated carbocycles. The largest absolute Gasteiger partial charge is 0.323 e. The Hall–Kier alpha value is 0.0600. The number of hydrogen-bond acceptors (Lipinski definition) is 4. The van der Waals surface area contributed by atoms with Gasteiger partial charge in [0.25, 0.3) is 0 Å². The molecule has 0 spiro atoms. The van der Waals surface area contributed by atoms with Crippen molar-refractivity contribution in [1.82, 2.24) is 4.98 Å². The van der Waals surface area contributed by atoms with Gasteiger partial charge in [-0.25, -0.2) is 4.98 Å². The van der Waals surface area contributed by atoms with Crippen molar-refractivity contribution in [2.24, 2.45) is 11.1 Å². The molecule has 1 unspecified atom stereocenters. The first kappa shape index (κ1) is 14.0. The van der Waals surface area contributed by atoms with E-state index >= 15 is 0 Å². The number of aromatic nitrogens is 1. The van der Waals surface area contributed by atoms with Gasteiger partial charge in [0, 0.05) is 15.4 Å². The average molecular weight is 378 g/mol. The minimum Gasteiger partial charge on any atom is -0.323 e. The predicted molar refractivity (Wildman–Crippen MR) is 87.2 cm³/mol. The summed E-state index contributed by atoms with van der Waals surface area (Å²) < 4.78 is 1.71. The third-order valence-electron chi connectivity index (χ3n) is 3.34. The molecule has 2 aromatic heterocycles. The first-order chi connectivity index (χ1) is 8.85. The Bertz CT molecular complexity index is 613. The van der Waals surface area contributed by atoms with Gasteiger partial charge in [-0.05, 0) is 40.3 Å². The summed E-state index contributed by atoms with van der Waals surface area (Å²) in [4.78, 5) is 7.15. The van der Waals surface area contributed by atoms with Crippen molar-refractivity contribution in [1.29, 1.82) is 0 Å². The molecule has 102 valence electrons. The van der Waals surface area contributed by atoms with Crippen molar-refractivity contribution in [3.8, 4) is 9.88 Å². The fourth-order valence-electron chi connectivity index (χ4n) is 2.55. The van der Waals surface area contributed by atoms with Crippen LogP contribution >= 0.6 is 50.2 Å². The second kappa shape index (κ2) is 4.81. The van der Waals surface area contributed by atoms with Crippen LogP contribution in [0.1, 0.15) is 36.9 Å². The lowest BCUT2D eigenvalue weighted by Crippen LogP contribution is -2.28. The van der Waals surface area contributed by atoms with E-state index in [-0.39, 0.29) is 11.5 Å². The number of thiazole rings is 1. The molecule has 3 rings (SSSR count). The van der Waals surface area contributed by atoms with Gasteiger partial charge < -0.3 is 5.73 Å². The summed E-state index contributed by atoms with van der Waals surface area (Å²) in [5, 5.41) is 1.04. The number of nitrogens with zero attached hydrogens (tertiary/aromatic N) is 1. The third kappa shape index (κ3) is 2.63. The van der Waals surface area contributed by atoms with Gasteiger partial charge in [0.05, 0.1) is 10.6 Å². The lowest BCUT2D eigenvalue weighted by Gasteiger charge is -2.32. The molecule has 0 saturated heterocycles. The lowest BCUT2D eigenvalue weighted by atomic mass is 9.77. The zero-order valence-electron chi connectivity index (χ0n) is 10.7. The first-order valence-corrected chi connectivity index (χ1v) is 8.86. The number of fused-ring (bicyclic) bond motifs is 1. The molecule has 0 radical (unpaired) electrons. The smallest absolute Gasteiger partial charge is 0.134 e. The SMILES string of the molecule is CC1(C)Cc2nc(-c3cc(Br)c(Cl)s3)sc2C(N)C1. The Kier molecular flexibility index (Phi) is 3.55. The predicted octanol–water partition coefficient (Wildman–Crippen LogP) is 5.26. The van der Waals surface area contributed by atoms with Crippen LogP contribution in [-0.2, 0) is 6.42 Å². The van der Waals surface area contributed by atoms with E-state index in [9.17, 15) is 0 Å². The Balaban J connectivity index is 2.03. The van der Waals surface area contributed by atoms with Crippen LogP contribution in [0.2, 0.25) is 4.34 Å². The highest BCUT2D eigenvalue weighted by Gasteiger charge is 2.33. The van der Waals surface area contributed by atoms with Crippen LogP contribution in [0.5, 0.6) is 0 Å². The van der Waals surface area contributed by atoms with E-state index in [0.717, 1.165) is 31.5 Å². The Labute approximate surface area is 134 Å². The molecule has 0 amide bonds. The van der Waals surface area contributed by atoms with Crippen LogP contribution in [0, 0.1) is 5.41 Å². The van der Waals surface area contributed by atoms with Crippen LogP contribution in [0.3, 0.4) is 0 Å². The molecule has 1 atom stereocenters. The van der Waals surface area contributed by atoms with E-state index in [1.807, 2.05) is 6.07 Å². The Morgan fingerprint density at radius 3 is 2.84 bits per heavy atom. The molecular formula is C13H14BrClN2S2. The first-order valence-electron chi connectivity index (χ1n) is 6.06. The molecule has 2 N–H and O–H groups in total. The molecule has 2 nitrogen and oxygen atoms in total. The molecular weight excluding hydrogens is 364 g/mol. The van der Waals surface area contributed by atoms with Gasteiger partial charge in [-0.1, -0.05) is 25.4 Å². The van der Waals surface area contributed by atoms with E-state index < -0.39 is 0 Å². The van der Waals surface area contributed by atoms with Crippen LogP contribution in [0.25, 0.3) is 9.88 Å². The van der Waals surface area contributed by atoms with Gasteiger partial charge in [-0.2, -0.15) is 0 Å². The fourth-order valence-corrected chi connectivity index (χ4v) is 5.38. The number of rotatable bonds is 1. The quantitative estimate of drug-likeness (QED) is 0.736. The molecule has 1 aliphatic carbocycles. The highest BCUT2D eigenvalue weighted by atomic mass is 79.9. The van der Waals surface area contributed by atoms with Gasteiger partial charge >= 0.3 is 0 Å². The summed E-state index contributed by atoms with van der Waals surface area (Å²) >= 11 is 12.8. The van der Waals surface area contributed by atoms with Crippen LogP contribution in [-0.4, -0.2) is 4.98 Å². The second-order valence-corrected chi connectivity index (χ2v) is 9.25. The highest BCUT2D eigenvalue weighted by Crippen LogP contribution is 2.46. The summed E-state index contributed by atoms with van der Waals surface area (Å²) in [7, 11) is 0. The zero-order chi connectivity index (χ0) is 13.8. The summed E-state index contributed by atoms with van der Waals surface area (Å²) in [5.41, 5.74) is 7.70. The monoisotopic (exact) mass is 376 g/mol. The van der Waals surface area contributed by atoms with Gasteiger partial charge in [0.2, 0.25) is 0 Å². The summed E-state index contributed by atoms with van der Waals surface area (Å²) in [6.07, 6.45) is 2.03. The van der Waals surface area contributed by atoms with Crippen LogP contribution < -0.4 is 5.73 Å². The standard InChI is InChI=1S/C13H14BrClN2S2/c1-13(2)4-7(16)10-8(5-13)17-12(19-10)9-3-6(14)11(15)18-9/h3,7H,4-5,16H2,1-2H3.